The smallest absolute Gasteiger partial charge is 0.316 e. The highest BCUT2D eigenvalue weighted by atomic mass is 127. The van der Waals surface area contributed by atoms with Gasteiger partial charge in [-0.05, 0) is 80.8 Å². The summed E-state index contributed by atoms with van der Waals surface area (Å²) >= 11 is 2.21. The Morgan fingerprint density at radius 1 is 1.16 bits per heavy atom. The molecule has 0 saturated heterocycles. The molecular weight excluding hydrogens is 433 g/mol. The monoisotopic (exact) mass is 461 g/mol. The van der Waals surface area contributed by atoms with Gasteiger partial charge in [0.2, 0.25) is 5.54 Å². The molecule has 0 aliphatic carbocycles. The second-order valence-electron chi connectivity index (χ2n) is 8.27. The van der Waals surface area contributed by atoms with E-state index in [4.69, 9.17) is 4.74 Å². The predicted molar refractivity (Wildman–Crippen MR) is 107 cm³/mol. The van der Waals surface area contributed by atoms with Gasteiger partial charge < -0.3 is 4.74 Å². The van der Waals surface area contributed by atoms with E-state index in [1.54, 1.807) is 13.8 Å². The van der Waals surface area contributed by atoms with Crippen LogP contribution in [0.2, 0.25) is 0 Å². The van der Waals surface area contributed by atoms with Crippen LogP contribution in [-0.2, 0) is 14.9 Å². The molecule has 0 aliphatic rings. The molecule has 140 valence electrons. The zero-order valence-electron chi connectivity index (χ0n) is 15.9. The zero-order valence-corrected chi connectivity index (χ0v) is 18.0. The SMILES string of the molecule is CC(C)(C)OC(=O)C(C)(CCCC(C)(C)[N+](=O)[O-])c1cccc(I)c1. The molecule has 1 unspecified atom stereocenters. The van der Waals surface area contributed by atoms with Gasteiger partial charge in [-0.3, -0.25) is 14.9 Å². The molecule has 0 fully saturated rings. The van der Waals surface area contributed by atoms with Crippen LogP contribution in [0, 0.1) is 13.7 Å². The highest BCUT2D eigenvalue weighted by Crippen LogP contribution is 2.34. The number of carbonyl (C=O) groups excluding carboxylic acids is 1. The van der Waals surface area contributed by atoms with Gasteiger partial charge in [0.15, 0.2) is 0 Å². The van der Waals surface area contributed by atoms with E-state index in [0.717, 1.165) is 9.13 Å². The van der Waals surface area contributed by atoms with Crippen LogP contribution in [0.15, 0.2) is 24.3 Å². The van der Waals surface area contributed by atoms with Crippen molar-refractivity contribution in [3.8, 4) is 0 Å². The van der Waals surface area contributed by atoms with Gasteiger partial charge in [-0.15, -0.1) is 0 Å². The summed E-state index contributed by atoms with van der Waals surface area (Å²) in [6.07, 6.45) is 1.47. The van der Waals surface area contributed by atoms with Crippen molar-refractivity contribution in [1.29, 1.82) is 0 Å². The first kappa shape index (κ1) is 21.9. The summed E-state index contributed by atoms with van der Waals surface area (Å²) in [4.78, 5) is 23.8. The third-order valence-corrected chi connectivity index (χ3v) is 4.94. The lowest BCUT2D eigenvalue weighted by Crippen LogP contribution is -2.40. The summed E-state index contributed by atoms with van der Waals surface area (Å²) in [7, 11) is 0. The van der Waals surface area contributed by atoms with Crippen molar-refractivity contribution in [2.45, 2.75) is 77.4 Å². The maximum Gasteiger partial charge on any atom is 0.316 e. The maximum absolute atomic E-state index is 12.9. The average molecular weight is 461 g/mol. The Kier molecular flexibility index (Phi) is 7.01. The minimum Gasteiger partial charge on any atom is -0.459 e. The van der Waals surface area contributed by atoms with Gasteiger partial charge >= 0.3 is 5.97 Å². The zero-order chi connectivity index (χ0) is 19.5. The number of ether oxygens (including phenoxy) is 1. The highest BCUT2D eigenvalue weighted by Gasteiger charge is 2.40. The minimum atomic E-state index is -1.00. The van der Waals surface area contributed by atoms with Gasteiger partial charge in [0.05, 0.1) is 5.41 Å². The Bertz CT molecular complexity index is 637. The van der Waals surface area contributed by atoms with E-state index < -0.39 is 16.6 Å². The van der Waals surface area contributed by atoms with Gasteiger partial charge in [0.1, 0.15) is 5.60 Å². The Morgan fingerprint density at radius 2 is 1.76 bits per heavy atom. The van der Waals surface area contributed by atoms with Gasteiger partial charge in [0.25, 0.3) is 0 Å². The number of rotatable bonds is 7. The quantitative estimate of drug-likeness (QED) is 0.245. The third kappa shape index (κ3) is 6.24. The fourth-order valence-corrected chi connectivity index (χ4v) is 3.10. The molecule has 1 aromatic carbocycles. The number of hydrogen-bond donors (Lipinski definition) is 0. The summed E-state index contributed by atoms with van der Waals surface area (Å²) < 4.78 is 6.69. The van der Waals surface area contributed by atoms with E-state index in [1.165, 1.54) is 0 Å². The first-order chi connectivity index (χ1) is 11.3. The summed E-state index contributed by atoms with van der Waals surface area (Å²) in [6.45, 7) is 10.6. The number of esters is 1. The molecule has 0 saturated carbocycles. The molecule has 6 heteroatoms. The molecule has 25 heavy (non-hydrogen) atoms. The standard InChI is InChI=1S/C19H28INO4/c1-17(2,3)25-16(22)19(6,14-9-7-10-15(20)13-14)12-8-11-18(4,5)21(23)24/h7,9-10,13H,8,11-12H2,1-6H3. The molecule has 1 atom stereocenters. The summed E-state index contributed by atoms with van der Waals surface area (Å²) in [6, 6.07) is 7.78. The lowest BCUT2D eigenvalue weighted by molar-refractivity contribution is -0.561. The lowest BCUT2D eigenvalue weighted by Gasteiger charge is -2.32. The van der Waals surface area contributed by atoms with Crippen molar-refractivity contribution in [3.05, 3.63) is 43.5 Å². The number of nitrogens with zero attached hydrogens (tertiary/aromatic N) is 1. The minimum absolute atomic E-state index is 0.261. The second kappa shape index (κ2) is 8.01. The van der Waals surface area contributed by atoms with Crippen LogP contribution >= 0.6 is 22.6 Å². The van der Waals surface area contributed by atoms with E-state index in [0.29, 0.717) is 19.3 Å². The van der Waals surface area contributed by atoms with Crippen molar-refractivity contribution < 1.29 is 14.5 Å². The van der Waals surface area contributed by atoms with Crippen LogP contribution < -0.4 is 0 Å². The third-order valence-electron chi connectivity index (χ3n) is 4.27. The largest absolute Gasteiger partial charge is 0.459 e. The summed E-state index contributed by atoms with van der Waals surface area (Å²) in [5, 5.41) is 11.1. The molecule has 1 aromatic rings. The summed E-state index contributed by atoms with van der Waals surface area (Å²) in [5.41, 5.74) is -1.53. The molecule has 0 heterocycles. The molecule has 0 radical (unpaired) electrons. The number of nitro groups is 1. The Balaban J connectivity index is 3.07. The molecule has 5 nitrogen and oxygen atoms in total. The van der Waals surface area contributed by atoms with Crippen molar-refractivity contribution in [2.75, 3.05) is 0 Å². The second-order valence-corrected chi connectivity index (χ2v) is 9.51. The molecule has 0 N–H and O–H groups in total. The Hall–Kier alpha value is -1.18. The molecular formula is C19H28INO4. The van der Waals surface area contributed by atoms with Crippen LogP contribution in [0.25, 0.3) is 0 Å². The molecule has 0 bridgehead atoms. The van der Waals surface area contributed by atoms with Crippen LogP contribution in [0.4, 0.5) is 0 Å². The van der Waals surface area contributed by atoms with E-state index in [1.807, 2.05) is 52.0 Å². The van der Waals surface area contributed by atoms with E-state index in [2.05, 4.69) is 22.6 Å². The van der Waals surface area contributed by atoms with E-state index >= 15 is 0 Å². The van der Waals surface area contributed by atoms with Crippen LogP contribution in [0.3, 0.4) is 0 Å². The van der Waals surface area contributed by atoms with Crippen molar-refractivity contribution in [2.24, 2.45) is 0 Å². The van der Waals surface area contributed by atoms with Gasteiger partial charge in [-0.2, -0.15) is 0 Å². The predicted octanol–water partition coefficient (Wildman–Crippen LogP) is 5.12. The maximum atomic E-state index is 12.9. The van der Waals surface area contributed by atoms with Crippen LogP contribution in [0.5, 0.6) is 0 Å². The van der Waals surface area contributed by atoms with E-state index in [-0.39, 0.29) is 10.9 Å². The summed E-state index contributed by atoms with van der Waals surface area (Å²) in [5.74, 6) is -0.291. The normalized spacial score (nSPS) is 14.7. The molecule has 1 rings (SSSR count). The number of carbonyl (C=O) groups is 1. The first-order valence-electron chi connectivity index (χ1n) is 8.42. The molecule has 0 spiro atoms. The number of halogens is 1. The number of hydrogen-bond acceptors (Lipinski definition) is 4. The lowest BCUT2D eigenvalue weighted by atomic mass is 9.77. The molecule has 0 aromatic heterocycles. The Morgan fingerprint density at radius 3 is 2.24 bits per heavy atom. The van der Waals surface area contributed by atoms with E-state index in [9.17, 15) is 14.9 Å². The Labute approximate surface area is 163 Å². The van der Waals surface area contributed by atoms with Gasteiger partial charge in [0, 0.05) is 28.8 Å². The van der Waals surface area contributed by atoms with Crippen molar-refractivity contribution >= 4 is 28.6 Å². The molecule has 0 aliphatic heterocycles. The topological polar surface area (TPSA) is 69.4 Å². The van der Waals surface area contributed by atoms with Crippen molar-refractivity contribution in [1.82, 2.24) is 0 Å². The fourth-order valence-electron chi connectivity index (χ4n) is 2.55. The van der Waals surface area contributed by atoms with Crippen LogP contribution in [0.1, 0.15) is 66.4 Å². The number of benzene rings is 1. The van der Waals surface area contributed by atoms with Crippen LogP contribution in [-0.4, -0.2) is 22.0 Å². The van der Waals surface area contributed by atoms with Gasteiger partial charge in [-0.25, -0.2) is 0 Å². The first-order valence-corrected chi connectivity index (χ1v) is 9.50. The van der Waals surface area contributed by atoms with Gasteiger partial charge in [-0.1, -0.05) is 12.1 Å². The van der Waals surface area contributed by atoms with Crippen molar-refractivity contribution in [3.63, 3.8) is 0 Å². The molecule has 0 amide bonds. The fraction of sp³-hybridized carbons (Fsp3) is 0.632. The average Bonchev–Trinajstić information content (AvgIpc) is 2.44. The highest BCUT2D eigenvalue weighted by molar-refractivity contribution is 14.1.